The van der Waals surface area contributed by atoms with Crippen molar-refractivity contribution in [3.05, 3.63) is 35.6 Å². The number of nitrogens with two attached hydrogens (primary N) is 1. The molecular weight excluding hydrogens is 204 g/mol. The van der Waals surface area contributed by atoms with Gasteiger partial charge in [0.15, 0.2) is 0 Å². The summed E-state index contributed by atoms with van der Waals surface area (Å²) in [6.45, 7) is -0.154. The maximum Gasteiger partial charge on any atom is 0.145 e. The van der Waals surface area contributed by atoms with Crippen LogP contribution in [0.25, 0.3) is 11.0 Å². The lowest BCUT2D eigenvalue weighted by molar-refractivity contribution is 0.182. The van der Waals surface area contributed by atoms with E-state index >= 15 is 0 Å². The number of rotatable bonds is 2. The highest BCUT2D eigenvalue weighted by atomic mass is 19.1. The Hall–Kier alpha value is -1.46. The van der Waals surface area contributed by atoms with E-state index in [0.717, 1.165) is 0 Å². The molecule has 0 aliphatic heterocycles. The molecule has 0 bridgehead atoms. The summed E-state index contributed by atoms with van der Waals surface area (Å²) in [5.41, 5.74) is 5.13. The zero-order valence-electron chi connectivity index (χ0n) is 7.71. The SMILES string of the molecule is NCC(O)c1c(F)cc(F)c2ccoc12. The second-order valence-electron chi connectivity index (χ2n) is 3.17. The van der Waals surface area contributed by atoms with E-state index in [0.29, 0.717) is 6.07 Å². The number of hydrogen-bond acceptors (Lipinski definition) is 3. The van der Waals surface area contributed by atoms with E-state index in [1.165, 1.54) is 12.3 Å². The fourth-order valence-electron chi connectivity index (χ4n) is 1.51. The molecule has 1 aromatic heterocycles. The molecule has 0 fully saturated rings. The Balaban J connectivity index is 2.76. The molecule has 1 unspecified atom stereocenters. The molecule has 0 amide bonds. The van der Waals surface area contributed by atoms with Crippen molar-refractivity contribution in [1.82, 2.24) is 0 Å². The van der Waals surface area contributed by atoms with Crippen molar-refractivity contribution in [1.29, 1.82) is 0 Å². The number of fused-ring (bicyclic) bond motifs is 1. The Morgan fingerprint density at radius 1 is 1.40 bits per heavy atom. The summed E-state index contributed by atoms with van der Waals surface area (Å²) in [4.78, 5) is 0. The molecule has 15 heavy (non-hydrogen) atoms. The first-order valence-corrected chi connectivity index (χ1v) is 4.38. The van der Waals surface area contributed by atoms with Crippen LogP contribution in [0.15, 0.2) is 22.8 Å². The summed E-state index contributed by atoms with van der Waals surface area (Å²) in [7, 11) is 0. The van der Waals surface area contributed by atoms with E-state index in [2.05, 4.69) is 0 Å². The van der Waals surface area contributed by atoms with Crippen molar-refractivity contribution in [2.24, 2.45) is 5.73 Å². The smallest absolute Gasteiger partial charge is 0.145 e. The van der Waals surface area contributed by atoms with Gasteiger partial charge in [-0.1, -0.05) is 0 Å². The van der Waals surface area contributed by atoms with Gasteiger partial charge in [-0.3, -0.25) is 0 Å². The van der Waals surface area contributed by atoms with Gasteiger partial charge in [0, 0.05) is 12.6 Å². The molecule has 2 rings (SSSR count). The third-order valence-electron chi connectivity index (χ3n) is 2.23. The summed E-state index contributed by atoms with van der Waals surface area (Å²) >= 11 is 0. The highest BCUT2D eigenvalue weighted by Gasteiger charge is 2.20. The third-order valence-corrected chi connectivity index (χ3v) is 2.23. The lowest BCUT2D eigenvalue weighted by Crippen LogP contribution is -2.13. The normalized spacial score (nSPS) is 13.3. The average molecular weight is 213 g/mol. The molecule has 0 saturated heterocycles. The molecule has 1 heterocycles. The first kappa shape index (κ1) is 10.1. The van der Waals surface area contributed by atoms with Crippen molar-refractivity contribution in [3.8, 4) is 0 Å². The molecular formula is C10H9F2NO2. The van der Waals surface area contributed by atoms with E-state index in [1.807, 2.05) is 0 Å². The van der Waals surface area contributed by atoms with Gasteiger partial charge in [-0.2, -0.15) is 0 Å². The summed E-state index contributed by atoms with van der Waals surface area (Å²) in [6.07, 6.45) is 0.0409. The number of aliphatic hydroxyl groups excluding tert-OH is 1. The van der Waals surface area contributed by atoms with Gasteiger partial charge in [0.25, 0.3) is 0 Å². The Bertz CT molecular complexity index is 495. The van der Waals surface area contributed by atoms with Gasteiger partial charge in [-0.15, -0.1) is 0 Å². The van der Waals surface area contributed by atoms with E-state index < -0.39 is 17.7 Å². The van der Waals surface area contributed by atoms with Gasteiger partial charge in [-0.05, 0) is 6.07 Å². The highest BCUT2D eigenvalue weighted by Crippen LogP contribution is 2.29. The largest absolute Gasteiger partial charge is 0.464 e. The molecule has 0 aliphatic carbocycles. The Morgan fingerprint density at radius 3 is 2.80 bits per heavy atom. The molecule has 3 N–H and O–H groups in total. The summed E-state index contributed by atoms with van der Waals surface area (Å²) < 4.78 is 31.5. The minimum absolute atomic E-state index is 0.00505. The van der Waals surface area contributed by atoms with Gasteiger partial charge >= 0.3 is 0 Å². The van der Waals surface area contributed by atoms with E-state index in [9.17, 15) is 13.9 Å². The molecule has 0 saturated carbocycles. The Labute approximate surface area is 84.1 Å². The monoisotopic (exact) mass is 213 g/mol. The van der Waals surface area contributed by atoms with Crippen LogP contribution in [0.3, 0.4) is 0 Å². The van der Waals surface area contributed by atoms with Gasteiger partial charge in [-0.25, -0.2) is 8.78 Å². The van der Waals surface area contributed by atoms with E-state index in [1.54, 1.807) is 0 Å². The van der Waals surface area contributed by atoms with Gasteiger partial charge < -0.3 is 15.3 Å². The average Bonchev–Trinajstić information content (AvgIpc) is 2.66. The predicted molar refractivity (Wildman–Crippen MR) is 50.1 cm³/mol. The predicted octanol–water partition coefficient (Wildman–Crippen LogP) is 1.70. The van der Waals surface area contributed by atoms with Crippen LogP contribution in [0, 0.1) is 11.6 Å². The molecule has 1 atom stereocenters. The highest BCUT2D eigenvalue weighted by molar-refractivity contribution is 5.81. The number of halogens is 2. The lowest BCUT2D eigenvalue weighted by atomic mass is 10.1. The van der Waals surface area contributed by atoms with Crippen LogP contribution in [-0.4, -0.2) is 11.7 Å². The summed E-state index contributed by atoms with van der Waals surface area (Å²) in [6, 6.07) is 2.09. The summed E-state index contributed by atoms with van der Waals surface area (Å²) in [5.74, 6) is -1.57. The van der Waals surface area contributed by atoms with Crippen molar-refractivity contribution in [2.45, 2.75) is 6.10 Å². The van der Waals surface area contributed by atoms with Crippen LogP contribution in [0.2, 0.25) is 0 Å². The Kier molecular flexibility index (Phi) is 2.42. The Morgan fingerprint density at radius 2 is 2.13 bits per heavy atom. The second-order valence-corrected chi connectivity index (χ2v) is 3.17. The minimum atomic E-state index is -1.20. The molecule has 0 radical (unpaired) electrons. The van der Waals surface area contributed by atoms with Gasteiger partial charge in [0.05, 0.1) is 23.3 Å². The zero-order chi connectivity index (χ0) is 11.0. The van der Waals surface area contributed by atoms with Crippen LogP contribution >= 0.6 is 0 Å². The number of furan rings is 1. The number of aliphatic hydroxyl groups is 1. The lowest BCUT2D eigenvalue weighted by Gasteiger charge is -2.09. The molecule has 3 nitrogen and oxygen atoms in total. The number of hydrogen-bond donors (Lipinski definition) is 2. The standard InChI is InChI=1S/C10H9F2NO2/c11-6-3-7(12)9(8(14)4-13)10-5(6)1-2-15-10/h1-3,8,14H,4,13H2. The van der Waals surface area contributed by atoms with Crippen LogP contribution < -0.4 is 5.73 Å². The number of benzene rings is 1. The quantitative estimate of drug-likeness (QED) is 0.798. The van der Waals surface area contributed by atoms with Gasteiger partial charge in [0.2, 0.25) is 0 Å². The third kappa shape index (κ3) is 1.49. The van der Waals surface area contributed by atoms with Crippen LogP contribution in [-0.2, 0) is 0 Å². The zero-order valence-corrected chi connectivity index (χ0v) is 7.71. The van der Waals surface area contributed by atoms with Crippen LogP contribution in [0.4, 0.5) is 8.78 Å². The van der Waals surface area contributed by atoms with Crippen molar-refractivity contribution in [2.75, 3.05) is 6.54 Å². The molecule has 2 aromatic rings. The van der Waals surface area contributed by atoms with Gasteiger partial charge in [0.1, 0.15) is 17.2 Å². The van der Waals surface area contributed by atoms with Crippen molar-refractivity contribution >= 4 is 11.0 Å². The maximum absolute atomic E-state index is 13.4. The molecule has 0 spiro atoms. The van der Waals surface area contributed by atoms with Crippen LogP contribution in [0.5, 0.6) is 0 Å². The summed E-state index contributed by atoms with van der Waals surface area (Å²) in [5, 5.41) is 9.61. The van der Waals surface area contributed by atoms with E-state index in [4.69, 9.17) is 10.2 Å². The van der Waals surface area contributed by atoms with Crippen LogP contribution in [0.1, 0.15) is 11.7 Å². The second kappa shape index (κ2) is 3.60. The molecule has 1 aromatic carbocycles. The van der Waals surface area contributed by atoms with Crippen molar-refractivity contribution in [3.63, 3.8) is 0 Å². The topological polar surface area (TPSA) is 59.4 Å². The molecule has 5 heteroatoms. The molecule has 0 aliphatic rings. The van der Waals surface area contributed by atoms with Crippen molar-refractivity contribution < 1.29 is 18.3 Å². The maximum atomic E-state index is 13.4. The minimum Gasteiger partial charge on any atom is -0.464 e. The van der Waals surface area contributed by atoms with E-state index in [-0.39, 0.29) is 23.1 Å². The fraction of sp³-hybridized carbons (Fsp3) is 0.200. The molecule has 80 valence electrons. The first-order valence-electron chi connectivity index (χ1n) is 4.38. The first-order chi connectivity index (χ1) is 7.15. The fourth-order valence-corrected chi connectivity index (χ4v) is 1.51.